The lowest BCUT2D eigenvalue weighted by Gasteiger charge is -2.11. The molecule has 0 saturated carbocycles. The van der Waals surface area contributed by atoms with Crippen LogP contribution in [-0.4, -0.2) is 23.0 Å². The molecule has 0 fully saturated rings. The number of carbonyl (C=O) groups is 1. The number of halogens is 1. The zero-order valence-electron chi connectivity index (χ0n) is 16.0. The van der Waals surface area contributed by atoms with E-state index in [1.807, 2.05) is 18.2 Å². The second-order valence-corrected chi connectivity index (χ2v) is 6.49. The third-order valence-electron chi connectivity index (χ3n) is 4.52. The lowest BCUT2D eigenvalue weighted by Crippen LogP contribution is -2.13. The van der Waals surface area contributed by atoms with Gasteiger partial charge in [0, 0.05) is 16.6 Å². The van der Waals surface area contributed by atoms with Gasteiger partial charge in [-0.3, -0.25) is 4.79 Å². The van der Waals surface area contributed by atoms with Gasteiger partial charge in [-0.25, -0.2) is 14.4 Å². The normalized spacial score (nSPS) is 10.6. The Labute approximate surface area is 171 Å². The van der Waals surface area contributed by atoms with Gasteiger partial charge in [0.05, 0.1) is 24.0 Å². The SMILES string of the molecule is COc1ccc2ncnc(Nc3ccc(C(=O)Nc4cc(F)ccc4N)cc3)c2c1. The van der Waals surface area contributed by atoms with E-state index in [1.54, 1.807) is 31.4 Å². The lowest BCUT2D eigenvalue weighted by molar-refractivity contribution is 0.102. The van der Waals surface area contributed by atoms with Crippen molar-refractivity contribution in [2.24, 2.45) is 0 Å². The number of nitrogens with one attached hydrogen (secondary N) is 2. The minimum Gasteiger partial charge on any atom is -0.497 e. The highest BCUT2D eigenvalue weighted by Gasteiger charge is 2.10. The van der Waals surface area contributed by atoms with Gasteiger partial charge in [0.1, 0.15) is 23.7 Å². The number of nitrogens with two attached hydrogens (primary N) is 1. The number of rotatable bonds is 5. The van der Waals surface area contributed by atoms with Gasteiger partial charge in [-0.05, 0) is 60.7 Å². The number of methoxy groups -OCH3 is 1. The molecule has 0 aliphatic carbocycles. The minimum atomic E-state index is -0.479. The molecule has 0 aliphatic rings. The van der Waals surface area contributed by atoms with Crippen LogP contribution in [0, 0.1) is 5.82 Å². The van der Waals surface area contributed by atoms with Crippen LogP contribution in [0.2, 0.25) is 0 Å². The predicted octanol–water partition coefficient (Wildman–Crippen LogP) is 4.36. The Bertz CT molecular complexity index is 1230. The predicted molar refractivity (Wildman–Crippen MR) is 115 cm³/mol. The summed E-state index contributed by atoms with van der Waals surface area (Å²) < 4.78 is 18.7. The Kier molecular flexibility index (Phi) is 5.13. The van der Waals surface area contributed by atoms with Gasteiger partial charge >= 0.3 is 0 Å². The number of hydrogen-bond acceptors (Lipinski definition) is 6. The van der Waals surface area contributed by atoms with E-state index >= 15 is 0 Å². The Morgan fingerprint density at radius 1 is 1.03 bits per heavy atom. The summed E-state index contributed by atoms with van der Waals surface area (Å²) in [5.41, 5.74) is 8.20. The zero-order chi connectivity index (χ0) is 21.1. The van der Waals surface area contributed by atoms with Crippen molar-refractivity contribution in [2.75, 3.05) is 23.5 Å². The molecule has 1 heterocycles. The average Bonchev–Trinajstić information content (AvgIpc) is 2.76. The fourth-order valence-electron chi connectivity index (χ4n) is 2.94. The lowest BCUT2D eigenvalue weighted by atomic mass is 10.1. The molecule has 0 radical (unpaired) electrons. The standard InChI is InChI=1S/C22H18FN5O2/c1-30-16-7-9-19-17(11-16)21(26-12-25-19)27-15-5-2-13(3-6-15)22(29)28-20-10-14(23)4-8-18(20)24/h2-12H,24H2,1H3,(H,28,29)(H,25,26,27). The number of carbonyl (C=O) groups excluding carboxylic acids is 1. The number of amides is 1. The number of nitrogen functional groups attached to an aromatic ring is 1. The van der Waals surface area contributed by atoms with Crippen LogP contribution in [0.25, 0.3) is 10.9 Å². The Balaban J connectivity index is 1.53. The monoisotopic (exact) mass is 403 g/mol. The van der Waals surface area contributed by atoms with Crippen LogP contribution in [0.1, 0.15) is 10.4 Å². The van der Waals surface area contributed by atoms with Gasteiger partial charge in [-0.2, -0.15) is 0 Å². The third kappa shape index (κ3) is 3.97. The first-order valence-corrected chi connectivity index (χ1v) is 9.06. The summed E-state index contributed by atoms with van der Waals surface area (Å²) >= 11 is 0. The third-order valence-corrected chi connectivity index (χ3v) is 4.52. The van der Waals surface area contributed by atoms with Gasteiger partial charge in [-0.15, -0.1) is 0 Å². The number of anilines is 4. The summed E-state index contributed by atoms with van der Waals surface area (Å²) in [4.78, 5) is 21.0. The molecule has 4 aromatic rings. The second-order valence-electron chi connectivity index (χ2n) is 6.49. The molecular formula is C22H18FN5O2. The maximum Gasteiger partial charge on any atom is 0.255 e. The van der Waals surface area contributed by atoms with Crippen LogP contribution in [-0.2, 0) is 0 Å². The molecule has 1 amide bonds. The highest BCUT2D eigenvalue weighted by atomic mass is 19.1. The fourth-order valence-corrected chi connectivity index (χ4v) is 2.94. The molecule has 0 atom stereocenters. The molecule has 0 aliphatic heterocycles. The quantitative estimate of drug-likeness (QED) is 0.428. The van der Waals surface area contributed by atoms with Gasteiger partial charge in [0.25, 0.3) is 5.91 Å². The van der Waals surface area contributed by atoms with Crippen LogP contribution in [0.5, 0.6) is 5.75 Å². The van der Waals surface area contributed by atoms with Crippen LogP contribution < -0.4 is 21.1 Å². The van der Waals surface area contributed by atoms with Crippen LogP contribution >= 0.6 is 0 Å². The van der Waals surface area contributed by atoms with E-state index in [9.17, 15) is 9.18 Å². The summed E-state index contributed by atoms with van der Waals surface area (Å²) in [6.45, 7) is 0. The molecule has 0 spiro atoms. The van der Waals surface area contributed by atoms with E-state index < -0.39 is 11.7 Å². The fraction of sp³-hybridized carbons (Fsp3) is 0.0455. The molecule has 4 rings (SSSR count). The summed E-state index contributed by atoms with van der Waals surface area (Å²) in [5.74, 6) is 0.441. The molecule has 3 aromatic carbocycles. The van der Waals surface area contributed by atoms with E-state index in [2.05, 4.69) is 20.6 Å². The van der Waals surface area contributed by atoms with Gasteiger partial charge < -0.3 is 21.1 Å². The smallest absolute Gasteiger partial charge is 0.255 e. The number of ether oxygens (including phenoxy) is 1. The largest absolute Gasteiger partial charge is 0.497 e. The van der Waals surface area contributed by atoms with Crippen molar-refractivity contribution in [3.8, 4) is 5.75 Å². The molecular weight excluding hydrogens is 385 g/mol. The number of hydrogen-bond donors (Lipinski definition) is 3. The molecule has 150 valence electrons. The van der Waals surface area contributed by atoms with Crippen LogP contribution in [0.3, 0.4) is 0 Å². The Morgan fingerprint density at radius 3 is 2.60 bits per heavy atom. The van der Waals surface area contributed by atoms with Crippen molar-refractivity contribution in [2.45, 2.75) is 0 Å². The number of fused-ring (bicyclic) bond motifs is 1. The van der Waals surface area contributed by atoms with E-state index in [0.29, 0.717) is 17.1 Å². The maximum absolute atomic E-state index is 13.4. The van der Waals surface area contributed by atoms with Crippen molar-refractivity contribution < 1.29 is 13.9 Å². The average molecular weight is 403 g/mol. The molecule has 0 saturated heterocycles. The van der Waals surface area contributed by atoms with Crippen molar-refractivity contribution in [1.82, 2.24) is 9.97 Å². The van der Waals surface area contributed by atoms with Gasteiger partial charge in [-0.1, -0.05) is 0 Å². The first-order valence-electron chi connectivity index (χ1n) is 9.06. The van der Waals surface area contributed by atoms with Crippen molar-refractivity contribution >= 4 is 39.7 Å². The topological polar surface area (TPSA) is 102 Å². The van der Waals surface area contributed by atoms with E-state index in [4.69, 9.17) is 10.5 Å². The number of benzene rings is 3. The molecule has 30 heavy (non-hydrogen) atoms. The molecule has 0 bridgehead atoms. The van der Waals surface area contributed by atoms with Crippen LogP contribution in [0.4, 0.5) is 27.3 Å². The first kappa shape index (κ1) is 19.1. The number of nitrogens with zero attached hydrogens (tertiary/aromatic N) is 2. The molecule has 7 nitrogen and oxygen atoms in total. The highest BCUT2D eigenvalue weighted by Crippen LogP contribution is 2.27. The van der Waals surface area contributed by atoms with Gasteiger partial charge in [0.2, 0.25) is 0 Å². The van der Waals surface area contributed by atoms with E-state index in [-0.39, 0.29) is 11.4 Å². The zero-order valence-corrected chi connectivity index (χ0v) is 16.0. The van der Waals surface area contributed by atoms with Crippen molar-refractivity contribution in [3.05, 3.63) is 78.4 Å². The van der Waals surface area contributed by atoms with Crippen molar-refractivity contribution in [3.63, 3.8) is 0 Å². The molecule has 4 N–H and O–H groups in total. The van der Waals surface area contributed by atoms with Crippen molar-refractivity contribution in [1.29, 1.82) is 0 Å². The highest BCUT2D eigenvalue weighted by molar-refractivity contribution is 6.06. The molecule has 1 aromatic heterocycles. The number of aromatic nitrogens is 2. The summed E-state index contributed by atoms with van der Waals surface area (Å²) in [5, 5.41) is 6.64. The van der Waals surface area contributed by atoms with E-state index in [1.165, 1.54) is 24.5 Å². The Morgan fingerprint density at radius 2 is 1.83 bits per heavy atom. The molecule has 0 unspecified atom stereocenters. The molecule has 8 heteroatoms. The Hall–Kier alpha value is -4.20. The maximum atomic E-state index is 13.4. The van der Waals surface area contributed by atoms with Gasteiger partial charge in [0.15, 0.2) is 0 Å². The van der Waals surface area contributed by atoms with Crippen LogP contribution in [0.15, 0.2) is 67.0 Å². The van der Waals surface area contributed by atoms with E-state index in [0.717, 1.165) is 16.6 Å². The minimum absolute atomic E-state index is 0.226. The summed E-state index contributed by atoms with van der Waals surface area (Å²) in [7, 11) is 1.60. The first-order chi connectivity index (χ1) is 14.5. The second kappa shape index (κ2) is 8.04. The summed E-state index contributed by atoms with van der Waals surface area (Å²) in [6, 6.07) is 16.1. The summed E-state index contributed by atoms with van der Waals surface area (Å²) in [6.07, 6.45) is 1.47.